The summed E-state index contributed by atoms with van der Waals surface area (Å²) in [7, 11) is 1.79. The molecule has 102 valence electrons. The standard InChI is InChI=1S/C14H30N2O/c1-3-8-15-12-14-7-6-10-16(13-14)9-4-5-11-17-2/h14-15H,3-13H2,1-2H3. The van der Waals surface area contributed by atoms with Crippen LogP contribution in [0.15, 0.2) is 0 Å². The first kappa shape index (κ1) is 14.9. The summed E-state index contributed by atoms with van der Waals surface area (Å²) in [6.07, 6.45) is 6.51. The minimum absolute atomic E-state index is 0.873. The van der Waals surface area contributed by atoms with Gasteiger partial charge in [-0.05, 0) is 64.2 Å². The summed E-state index contributed by atoms with van der Waals surface area (Å²) in [6.45, 7) is 9.38. The molecule has 0 aromatic heterocycles. The van der Waals surface area contributed by atoms with Crippen LogP contribution in [0.3, 0.4) is 0 Å². The lowest BCUT2D eigenvalue weighted by atomic mass is 9.97. The lowest BCUT2D eigenvalue weighted by Crippen LogP contribution is -2.40. The Morgan fingerprint density at radius 3 is 3.00 bits per heavy atom. The average Bonchev–Trinajstić information content (AvgIpc) is 2.36. The molecule has 1 saturated heterocycles. The molecule has 1 fully saturated rings. The van der Waals surface area contributed by atoms with Crippen molar-refractivity contribution in [1.82, 2.24) is 10.2 Å². The van der Waals surface area contributed by atoms with E-state index < -0.39 is 0 Å². The van der Waals surface area contributed by atoms with Crippen LogP contribution in [0, 0.1) is 5.92 Å². The van der Waals surface area contributed by atoms with Crippen LogP contribution in [0.4, 0.5) is 0 Å². The lowest BCUT2D eigenvalue weighted by molar-refractivity contribution is 0.155. The van der Waals surface area contributed by atoms with Crippen LogP contribution in [0.1, 0.15) is 39.0 Å². The number of methoxy groups -OCH3 is 1. The fourth-order valence-electron chi connectivity index (χ4n) is 2.59. The highest BCUT2D eigenvalue weighted by molar-refractivity contribution is 4.74. The van der Waals surface area contributed by atoms with E-state index in [4.69, 9.17) is 4.74 Å². The molecule has 1 aliphatic heterocycles. The van der Waals surface area contributed by atoms with Crippen LogP contribution >= 0.6 is 0 Å². The summed E-state index contributed by atoms with van der Waals surface area (Å²) in [5.74, 6) is 0.873. The summed E-state index contributed by atoms with van der Waals surface area (Å²) >= 11 is 0. The van der Waals surface area contributed by atoms with E-state index in [-0.39, 0.29) is 0 Å². The first-order chi connectivity index (χ1) is 8.36. The van der Waals surface area contributed by atoms with Crippen molar-refractivity contribution in [3.8, 4) is 0 Å². The monoisotopic (exact) mass is 242 g/mol. The third-order valence-electron chi connectivity index (χ3n) is 3.54. The number of likely N-dealkylation sites (tertiary alicyclic amines) is 1. The molecule has 1 aliphatic rings. The van der Waals surface area contributed by atoms with E-state index in [0.717, 1.165) is 12.5 Å². The van der Waals surface area contributed by atoms with Crippen molar-refractivity contribution in [1.29, 1.82) is 0 Å². The molecule has 0 spiro atoms. The van der Waals surface area contributed by atoms with E-state index in [1.54, 1.807) is 7.11 Å². The van der Waals surface area contributed by atoms with Crippen molar-refractivity contribution in [2.75, 3.05) is 46.4 Å². The highest BCUT2D eigenvalue weighted by Gasteiger charge is 2.18. The Balaban J connectivity index is 2.06. The van der Waals surface area contributed by atoms with Crippen LogP contribution in [-0.4, -0.2) is 51.3 Å². The third-order valence-corrected chi connectivity index (χ3v) is 3.54. The molecule has 1 unspecified atom stereocenters. The molecule has 17 heavy (non-hydrogen) atoms. The second-order valence-electron chi connectivity index (χ2n) is 5.21. The molecule has 0 aromatic rings. The molecule has 0 amide bonds. The molecule has 1 heterocycles. The summed E-state index contributed by atoms with van der Waals surface area (Å²) in [6, 6.07) is 0. The Morgan fingerprint density at radius 1 is 1.35 bits per heavy atom. The molecule has 0 bridgehead atoms. The van der Waals surface area contributed by atoms with Crippen molar-refractivity contribution in [3.63, 3.8) is 0 Å². The van der Waals surface area contributed by atoms with Gasteiger partial charge in [-0.1, -0.05) is 6.92 Å². The molecule has 3 nitrogen and oxygen atoms in total. The maximum atomic E-state index is 5.09. The van der Waals surface area contributed by atoms with Crippen molar-refractivity contribution < 1.29 is 4.74 Å². The number of nitrogens with one attached hydrogen (secondary N) is 1. The lowest BCUT2D eigenvalue weighted by Gasteiger charge is -2.32. The van der Waals surface area contributed by atoms with Crippen LogP contribution < -0.4 is 5.32 Å². The van der Waals surface area contributed by atoms with Gasteiger partial charge in [-0.25, -0.2) is 0 Å². The Kier molecular flexibility index (Phi) is 8.67. The number of unbranched alkanes of at least 4 members (excludes halogenated alkanes) is 1. The Morgan fingerprint density at radius 2 is 2.24 bits per heavy atom. The zero-order valence-electron chi connectivity index (χ0n) is 11.7. The molecule has 3 heteroatoms. The molecular formula is C14H30N2O. The molecular weight excluding hydrogens is 212 g/mol. The smallest absolute Gasteiger partial charge is 0.0462 e. The highest BCUT2D eigenvalue weighted by atomic mass is 16.5. The van der Waals surface area contributed by atoms with Gasteiger partial charge in [-0.3, -0.25) is 0 Å². The number of hydrogen-bond acceptors (Lipinski definition) is 3. The second kappa shape index (κ2) is 9.86. The second-order valence-corrected chi connectivity index (χ2v) is 5.21. The van der Waals surface area contributed by atoms with E-state index >= 15 is 0 Å². The zero-order valence-corrected chi connectivity index (χ0v) is 11.7. The first-order valence-electron chi connectivity index (χ1n) is 7.28. The molecule has 0 saturated carbocycles. The Labute approximate surface area is 107 Å². The van der Waals surface area contributed by atoms with E-state index in [9.17, 15) is 0 Å². The summed E-state index contributed by atoms with van der Waals surface area (Å²) < 4.78 is 5.09. The molecule has 0 aliphatic carbocycles. The average molecular weight is 242 g/mol. The zero-order chi connectivity index (χ0) is 12.3. The van der Waals surface area contributed by atoms with Gasteiger partial charge in [0, 0.05) is 20.3 Å². The topological polar surface area (TPSA) is 24.5 Å². The van der Waals surface area contributed by atoms with Crippen LogP contribution in [-0.2, 0) is 4.74 Å². The maximum absolute atomic E-state index is 5.09. The first-order valence-corrected chi connectivity index (χ1v) is 7.28. The number of nitrogens with zero attached hydrogens (tertiary/aromatic N) is 1. The van der Waals surface area contributed by atoms with E-state index in [1.165, 1.54) is 64.8 Å². The third kappa shape index (κ3) is 7.02. The molecule has 1 N–H and O–H groups in total. The number of hydrogen-bond donors (Lipinski definition) is 1. The van der Waals surface area contributed by atoms with Gasteiger partial charge in [-0.2, -0.15) is 0 Å². The van der Waals surface area contributed by atoms with Crippen LogP contribution in [0.25, 0.3) is 0 Å². The Hall–Kier alpha value is -0.120. The number of rotatable bonds is 9. The van der Waals surface area contributed by atoms with Crippen LogP contribution in [0.2, 0.25) is 0 Å². The molecule has 0 aromatic carbocycles. The SMILES string of the molecule is CCCNCC1CCCN(CCCCOC)C1. The van der Waals surface area contributed by atoms with Gasteiger partial charge in [0.25, 0.3) is 0 Å². The maximum Gasteiger partial charge on any atom is 0.0462 e. The van der Waals surface area contributed by atoms with Gasteiger partial charge in [-0.15, -0.1) is 0 Å². The van der Waals surface area contributed by atoms with Crippen molar-refractivity contribution >= 4 is 0 Å². The Bertz CT molecular complexity index is 176. The fourth-order valence-corrected chi connectivity index (χ4v) is 2.59. The summed E-state index contributed by atoms with van der Waals surface area (Å²) in [4.78, 5) is 2.64. The molecule has 0 radical (unpaired) electrons. The highest BCUT2D eigenvalue weighted by Crippen LogP contribution is 2.16. The van der Waals surface area contributed by atoms with Gasteiger partial charge in [0.1, 0.15) is 0 Å². The van der Waals surface area contributed by atoms with E-state index in [0.29, 0.717) is 0 Å². The predicted octanol–water partition coefficient (Wildman–Crippen LogP) is 2.12. The van der Waals surface area contributed by atoms with Crippen molar-refractivity contribution in [2.45, 2.75) is 39.0 Å². The largest absolute Gasteiger partial charge is 0.385 e. The predicted molar refractivity (Wildman–Crippen MR) is 73.4 cm³/mol. The van der Waals surface area contributed by atoms with Crippen molar-refractivity contribution in [2.24, 2.45) is 5.92 Å². The van der Waals surface area contributed by atoms with E-state index in [2.05, 4.69) is 17.1 Å². The van der Waals surface area contributed by atoms with Gasteiger partial charge in [0.2, 0.25) is 0 Å². The van der Waals surface area contributed by atoms with Crippen LogP contribution in [0.5, 0.6) is 0 Å². The normalized spacial score (nSPS) is 21.9. The van der Waals surface area contributed by atoms with Crippen molar-refractivity contribution in [3.05, 3.63) is 0 Å². The van der Waals surface area contributed by atoms with Gasteiger partial charge in [0.05, 0.1) is 0 Å². The van der Waals surface area contributed by atoms with Gasteiger partial charge >= 0.3 is 0 Å². The number of ether oxygens (including phenoxy) is 1. The van der Waals surface area contributed by atoms with E-state index in [1.807, 2.05) is 0 Å². The fraction of sp³-hybridized carbons (Fsp3) is 1.00. The summed E-state index contributed by atoms with van der Waals surface area (Å²) in [5, 5.41) is 3.56. The number of piperidine rings is 1. The van der Waals surface area contributed by atoms with Gasteiger partial charge < -0.3 is 15.0 Å². The minimum Gasteiger partial charge on any atom is -0.385 e. The summed E-state index contributed by atoms with van der Waals surface area (Å²) in [5.41, 5.74) is 0. The molecule has 1 atom stereocenters. The van der Waals surface area contributed by atoms with Gasteiger partial charge in [0.15, 0.2) is 0 Å². The quantitative estimate of drug-likeness (QED) is 0.627. The minimum atomic E-state index is 0.873. The molecule has 1 rings (SSSR count).